The van der Waals surface area contributed by atoms with Crippen molar-refractivity contribution < 1.29 is 19.4 Å². The molecule has 1 heterocycles. The van der Waals surface area contributed by atoms with Crippen LogP contribution in [0.25, 0.3) is 0 Å². The molecule has 5 nitrogen and oxygen atoms in total. The first-order chi connectivity index (χ1) is 12.6. The summed E-state index contributed by atoms with van der Waals surface area (Å²) in [5.74, 6) is -0.811. The molecular weight excluding hydrogens is 362 g/mol. The molecule has 6 heteroatoms. The molecule has 0 aromatic carbocycles. The number of hydrogen-bond donors (Lipinski definition) is 2. The highest BCUT2D eigenvalue weighted by atomic mass is 32.1. The lowest BCUT2D eigenvalue weighted by molar-refractivity contribution is 0.0698. The Balaban J connectivity index is 2.57. The van der Waals surface area contributed by atoms with Crippen LogP contribution in [0.15, 0.2) is 6.07 Å². The van der Waals surface area contributed by atoms with Crippen molar-refractivity contribution in [1.82, 2.24) is 0 Å². The standard InChI is InChI=1S/C21H35NO4S/c1-6-7-8-9-10-11-12-26-20(25)22-18-16(19(23)24)13-17(27-18)15(2)14-21(3,4)5/h13,15H,6-12,14H2,1-5H3,(H,22,25)(H,23,24). The van der Waals surface area contributed by atoms with Crippen LogP contribution < -0.4 is 5.32 Å². The van der Waals surface area contributed by atoms with Crippen LogP contribution in [0.4, 0.5) is 9.80 Å². The molecule has 0 fully saturated rings. The average molecular weight is 398 g/mol. The molecule has 0 spiro atoms. The van der Waals surface area contributed by atoms with Gasteiger partial charge in [-0.25, -0.2) is 9.59 Å². The zero-order valence-corrected chi connectivity index (χ0v) is 18.2. The Bertz CT molecular complexity index is 604. The summed E-state index contributed by atoms with van der Waals surface area (Å²) in [4.78, 5) is 24.5. The number of unbranched alkanes of at least 4 members (excludes halogenated alkanes) is 5. The summed E-state index contributed by atoms with van der Waals surface area (Å²) >= 11 is 1.32. The van der Waals surface area contributed by atoms with E-state index in [1.54, 1.807) is 6.07 Å². The molecule has 0 saturated heterocycles. The number of rotatable bonds is 11. The third kappa shape index (κ3) is 9.27. The molecular formula is C21H35NO4S. The molecule has 1 atom stereocenters. The Morgan fingerprint density at radius 2 is 1.81 bits per heavy atom. The fourth-order valence-electron chi connectivity index (χ4n) is 3.10. The van der Waals surface area contributed by atoms with Gasteiger partial charge < -0.3 is 9.84 Å². The molecule has 0 aliphatic heterocycles. The van der Waals surface area contributed by atoms with Gasteiger partial charge >= 0.3 is 12.1 Å². The minimum Gasteiger partial charge on any atom is -0.478 e. The number of amides is 1. The van der Waals surface area contributed by atoms with Crippen LogP contribution in [-0.4, -0.2) is 23.8 Å². The molecule has 2 N–H and O–H groups in total. The summed E-state index contributed by atoms with van der Waals surface area (Å²) in [6.45, 7) is 11.1. The van der Waals surface area contributed by atoms with Gasteiger partial charge in [0.25, 0.3) is 0 Å². The van der Waals surface area contributed by atoms with Crippen LogP contribution in [-0.2, 0) is 4.74 Å². The first-order valence-electron chi connectivity index (χ1n) is 9.95. The van der Waals surface area contributed by atoms with Crippen molar-refractivity contribution in [1.29, 1.82) is 0 Å². The van der Waals surface area contributed by atoms with E-state index >= 15 is 0 Å². The van der Waals surface area contributed by atoms with Crippen molar-refractivity contribution in [3.05, 3.63) is 16.5 Å². The third-order valence-electron chi connectivity index (χ3n) is 4.33. The summed E-state index contributed by atoms with van der Waals surface area (Å²) in [6, 6.07) is 1.67. The predicted molar refractivity (Wildman–Crippen MR) is 112 cm³/mol. The maximum atomic E-state index is 12.0. The molecule has 1 unspecified atom stereocenters. The number of thiophene rings is 1. The van der Waals surface area contributed by atoms with Gasteiger partial charge in [0.15, 0.2) is 0 Å². The maximum absolute atomic E-state index is 12.0. The summed E-state index contributed by atoms with van der Waals surface area (Å²) in [5, 5.41) is 12.4. The van der Waals surface area contributed by atoms with Gasteiger partial charge in [-0.2, -0.15) is 0 Å². The van der Waals surface area contributed by atoms with Crippen LogP contribution in [0.3, 0.4) is 0 Å². The van der Waals surface area contributed by atoms with Gasteiger partial charge in [-0.1, -0.05) is 66.7 Å². The zero-order chi connectivity index (χ0) is 20.4. The topological polar surface area (TPSA) is 75.6 Å². The van der Waals surface area contributed by atoms with E-state index in [9.17, 15) is 14.7 Å². The van der Waals surface area contributed by atoms with Crippen LogP contribution in [0.2, 0.25) is 0 Å². The Labute approximate surface area is 167 Å². The molecule has 1 aromatic heterocycles. The first kappa shape index (κ1) is 23.5. The van der Waals surface area contributed by atoms with E-state index in [1.165, 1.54) is 30.6 Å². The van der Waals surface area contributed by atoms with Gasteiger partial charge in [0, 0.05) is 4.88 Å². The maximum Gasteiger partial charge on any atom is 0.412 e. The van der Waals surface area contributed by atoms with Crippen molar-refractivity contribution in [2.24, 2.45) is 5.41 Å². The normalized spacial score (nSPS) is 12.6. The number of anilines is 1. The van der Waals surface area contributed by atoms with E-state index in [1.807, 2.05) is 0 Å². The second-order valence-electron chi connectivity index (χ2n) is 8.39. The molecule has 0 radical (unpaired) electrons. The molecule has 1 rings (SSSR count). The van der Waals surface area contributed by atoms with Crippen molar-refractivity contribution in [3.63, 3.8) is 0 Å². The smallest absolute Gasteiger partial charge is 0.412 e. The highest BCUT2D eigenvalue weighted by Gasteiger charge is 2.23. The predicted octanol–water partition coefficient (Wildman–Crippen LogP) is 6.90. The Morgan fingerprint density at radius 1 is 1.19 bits per heavy atom. The van der Waals surface area contributed by atoms with Gasteiger partial charge in [0.2, 0.25) is 0 Å². The average Bonchev–Trinajstić information content (AvgIpc) is 2.96. The molecule has 1 aromatic rings. The first-order valence-corrected chi connectivity index (χ1v) is 10.8. The molecule has 1 amide bonds. The van der Waals surface area contributed by atoms with Crippen molar-refractivity contribution >= 4 is 28.4 Å². The molecule has 0 bridgehead atoms. The Morgan fingerprint density at radius 3 is 2.41 bits per heavy atom. The largest absolute Gasteiger partial charge is 0.478 e. The fraction of sp³-hybridized carbons (Fsp3) is 0.714. The third-order valence-corrected chi connectivity index (χ3v) is 5.61. The number of carbonyl (C=O) groups excluding carboxylic acids is 1. The number of carboxylic acid groups (broad SMARTS) is 1. The van der Waals surface area contributed by atoms with Crippen molar-refractivity contribution in [2.45, 2.75) is 85.5 Å². The quantitative estimate of drug-likeness (QED) is 0.398. The van der Waals surface area contributed by atoms with Gasteiger partial charge in [-0.05, 0) is 30.2 Å². The van der Waals surface area contributed by atoms with Crippen LogP contribution in [0, 0.1) is 5.41 Å². The number of ether oxygens (including phenoxy) is 1. The lowest BCUT2D eigenvalue weighted by Crippen LogP contribution is -2.15. The van der Waals surface area contributed by atoms with E-state index in [0.29, 0.717) is 11.6 Å². The number of carboxylic acids is 1. The second kappa shape index (κ2) is 11.3. The lowest BCUT2D eigenvalue weighted by Gasteiger charge is -2.22. The minimum absolute atomic E-state index is 0.132. The zero-order valence-electron chi connectivity index (χ0n) is 17.4. The number of aromatic carboxylic acids is 1. The van der Waals surface area contributed by atoms with E-state index < -0.39 is 12.1 Å². The van der Waals surface area contributed by atoms with Gasteiger partial charge in [0.1, 0.15) is 5.00 Å². The SMILES string of the molecule is CCCCCCCCOC(=O)Nc1sc(C(C)CC(C)(C)C)cc1C(=O)O. The highest BCUT2D eigenvalue weighted by molar-refractivity contribution is 7.16. The van der Waals surface area contributed by atoms with Crippen LogP contribution >= 0.6 is 11.3 Å². The molecule has 0 aliphatic rings. The molecule has 154 valence electrons. The monoisotopic (exact) mass is 397 g/mol. The van der Waals surface area contributed by atoms with E-state index in [-0.39, 0.29) is 16.9 Å². The molecule has 0 saturated carbocycles. The Hall–Kier alpha value is -1.56. The van der Waals surface area contributed by atoms with Gasteiger partial charge in [-0.3, -0.25) is 5.32 Å². The van der Waals surface area contributed by atoms with Crippen molar-refractivity contribution in [3.8, 4) is 0 Å². The van der Waals surface area contributed by atoms with Crippen LogP contribution in [0.5, 0.6) is 0 Å². The summed E-state index contributed by atoms with van der Waals surface area (Å²) in [6.07, 6.45) is 7.06. The molecule has 0 aliphatic carbocycles. The lowest BCUT2D eigenvalue weighted by atomic mass is 9.85. The van der Waals surface area contributed by atoms with Gasteiger partial charge in [0.05, 0.1) is 12.2 Å². The summed E-state index contributed by atoms with van der Waals surface area (Å²) in [5.41, 5.74) is 0.281. The van der Waals surface area contributed by atoms with E-state index in [2.05, 4.69) is 39.9 Å². The molecule has 27 heavy (non-hydrogen) atoms. The minimum atomic E-state index is -1.04. The summed E-state index contributed by atoms with van der Waals surface area (Å²) in [7, 11) is 0. The van der Waals surface area contributed by atoms with E-state index in [4.69, 9.17) is 4.74 Å². The second-order valence-corrected chi connectivity index (χ2v) is 9.48. The number of nitrogens with one attached hydrogen (secondary N) is 1. The highest BCUT2D eigenvalue weighted by Crippen LogP contribution is 2.38. The number of hydrogen-bond acceptors (Lipinski definition) is 4. The van der Waals surface area contributed by atoms with Crippen molar-refractivity contribution in [2.75, 3.05) is 11.9 Å². The van der Waals surface area contributed by atoms with Crippen LogP contribution in [0.1, 0.15) is 101 Å². The number of carbonyl (C=O) groups is 2. The Kier molecular flexibility index (Phi) is 9.84. The summed E-state index contributed by atoms with van der Waals surface area (Å²) < 4.78 is 5.20. The van der Waals surface area contributed by atoms with E-state index in [0.717, 1.165) is 30.6 Å². The fourth-order valence-corrected chi connectivity index (χ4v) is 4.19. The van der Waals surface area contributed by atoms with Gasteiger partial charge in [-0.15, -0.1) is 11.3 Å².